The number of rotatable bonds is 0. The zero-order valence-electron chi connectivity index (χ0n) is 12.0. The van der Waals surface area contributed by atoms with Gasteiger partial charge < -0.3 is 11.1 Å². The van der Waals surface area contributed by atoms with Crippen molar-refractivity contribution in [3.8, 4) is 0 Å². The highest BCUT2D eigenvalue weighted by molar-refractivity contribution is 5.40. The molecular formula is C15H28N2. The number of hydrogen-bond donors (Lipinski definition) is 2. The molecule has 98 valence electrons. The fraction of sp³-hybridized carbons (Fsp3) is 0.600. The molecule has 0 radical (unpaired) electrons. The third-order valence-corrected chi connectivity index (χ3v) is 2.63. The number of nitrogens with one attached hydrogen (secondary N) is 1. The smallest absolute Gasteiger partial charge is 0.0385 e. The Morgan fingerprint density at radius 1 is 1.12 bits per heavy atom. The van der Waals surface area contributed by atoms with Crippen molar-refractivity contribution in [2.75, 3.05) is 6.54 Å². The van der Waals surface area contributed by atoms with Crippen LogP contribution in [0.3, 0.4) is 0 Å². The largest absolute Gasteiger partial charge is 0.385 e. The average Bonchev–Trinajstić information content (AvgIpc) is 2.58. The Morgan fingerprint density at radius 3 is 2.35 bits per heavy atom. The first-order valence-electron chi connectivity index (χ1n) is 6.87. The molecule has 1 heterocycles. The molecule has 0 aromatic carbocycles. The van der Waals surface area contributed by atoms with Gasteiger partial charge in [0.05, 0.1) is 0 Å². The molecule has 1 aliphatic carbocycles. The summed E-state index contributed by atoms with van der Waals surface area (Å²) < 4.78 is 0. The normalized spacial score (nSPS) is 25.5. The lowest BCUT2D eigenvalue weighted by molar-refractivity contribution is 0.611. The van der Waals surface area contributed by atoms with Gasteiger partial charge in [0, 0.05) is 18.3 Å². The van der Waals surface area contributed by atoms with E-state index in [1.165, 1.54) is 11.3 Å². The Labute approximate surface area is 107 Å². The quantitative estimate of drug-likeness (QED) is 0.676. The van der Waals surface area contributed by atoms with Crippen LogP contribution >= 0.6 is 0 Å². The lowest BCUT2D eigenvalue weighted by Gasteiger charge is -2.23. The van der Waals surface area contributed by atoms with Gasteiger partial charge in [-0.2, -0.15) is 0 Å². The van der Waals surface area contributed by atoms with E-state index in [1.54, 1.807) is 0 Å². The Balaban J connectivity index is 0.000000581. The standard InChI is InChI=1S/C11H16N2.2C2H6/c1-8-2-4-9-10(12)6-7-13-11(9)5-3-8;2*1-2/h2-5,8,10,13H,6-7,12H2,1H3;2*1-2H3. The van der Waals surface area contributed by atoms with Gasteiger partial charge in [-0.1, -0.05) is 52.8 Å². The van der Waals surface area contributed by atoms with Crippen LogP contribution in [0.4, 0.5) is 0 Å². The minimum absolute atomic E-state index is 0.211. The summed E-state index contributed by atoms with van der Waals surface area (Å²) in [7, 11) is 0. The molecule has 2 atom stereocenters. The third-order valence-electron chi connectivity index (χ3n) is 2.63. The van der Waals surface area contributed by atoms with E-state index in [4.69, 9.17) is 5.73 Å². The molecule has 3 N–H and O–H groups in total. The molecule has 0 aromatic rings. The maximum Gasteiger partial charge on any atom is 0.0385 e. The predicted octanol–water partition coefficient (Wildman–Crippen LogP) is 3.38. The summed E-state index contributed by atoms with van der Waals surface area (Å²) in [6.07, 6.45) is 9.75. The molecule has 17 heavy (non-hydrogen) atoms. The van der Waals surface area contributed by atoms with Crippen molar-refractivity contribution < 1.29 is 0 Å². The highest BCUT2D eigenvalue weighted by atomic mass is 14.9. The fourth-order valence-electron chi connectivity index (χ4n) is 1.76. The number of nitrogens with two attached hydrogens (primary N) is 1. The van der Waals surface area contributed by atoms with E-state index >= 15 is 0 Å². The van der Waals surface area contributed by atoms with Gasteiger partial charge in [-0.15, -0.1) is 0 Å². The topological polar surface area (TPSA) is 38.0 Å². The second-order valence-corrected chi connectivity index (χ2v) is 3.77. The number of allylic oxidation sites excluding steroid dienone is 3. The molecule has 2 rings (SSSR count). The van der Waals surface area contributed by atoms with Crippen LogP contribution in [-0.2, 0) is 0 Å². The Hall–Kier alpha value is -1.02. The van der Waals surface area contributed by atoms with Crippen molar-refractivity contribution in [3.63, 3.8) is 0 Å². The van der Waals surface area contributed by atoms with Crippen molar-refractivity contribution in [1.29, 1.82) is 0 Å². The third kappa shape index (κ3) is 4.78. The van der Waals surface area contributed by atoms with Crippen LogP contribution in [0.5, 0.6) is 0 Å². The molecular weight excluding hydrogens is 208 g/mol. The van der Waals surface area contributed by atoms with E-state index in [2.05, 4.69) is 36.5 Å². The Kier molecular flexibility index (Phi) is 8.51. The Morgan fingerprint density at radius 2 is 1.71 bits per heavy atom. The van der Waals surface area contributed by atoms with E-state index in [-0.39, 0.29) is 6.04 Å². The molecule has 2 unspecified atom stereocenters. The first kappa shape index (κ1) is 16.0. The molecule has 2 heteroatoms. The predicted molar refractivity (Wildman–Crippen MR) is 77.8 cm³/mol. The van der Waals surface area contributed by atoms with E-state index in [1.807, 2.05) is 27.7 Å². The van der Waals surface area contributed by atoms with Gasteiger partial charge in [-0.25, -0.2) is 0 Å². The second-order valence-electron chi connectivity index (χ2n) is 3.77. The molecule has 2 aliphatic rings. The van der Waals surface area contributed by atoms with Crippen molar-refractivity contribution >= 4 is 0 Å². The van der Waals surface area contributed by atoms with Gasteiger partial charge in [0.25, 0.3) is 0 Å². The minimum Gasteiger partial charge on any atom is -0.385 e. The SMILES string of the molecule is CC.CC.CC1C=CC2=C(C=C1)C(N)CCN2. The van der Waals surface area contributed by atoms with Gasteiger partial charge in [0.1, 0.15) is 0 Å². The molecule has 1 aliphatic heterocycles. The van der Waals surface area contributed by atoms with E-state index in [0.717, 1.165) is 13.0 Å². The fourth-order valence-corrected chi connectivity index (χ4v) is 1.76. The molecule has 2 nitrogen and oxygen atoms in total. The van der Waals surface area contributed by atoms with Crippen molar-refractivity contribution in [1.82, 2.24) is 5.32 Å². The van der Waals surface area contributed by atoms with Crippen LogP contribution in [0.2, 0.25) is 0 Å². The lowest BCUT2D eigenvalue weighted by Crippen LogP contribution is -2.34. The van der Waals surface area contributed by atoms with Gasteiger partial charge >= 0.3 is 0 Å². The second kappa shape index (κ2) is 9.06. The van der Waals surface area contributed by atoms with Crippen LogP contribution in [0.15, 0.2) is 35.6 Å². The minimum atomic E-state index is 0.211. The first-order valence-corrected chi connectivity index (χ1v) is 6.87. The molecule has 0 aromatic heterocycles. The van der Waals surface area contributed by atoms with Gasteiger partial charge in [-0.3, -0.25) is 0 Å². The maximum absolute atomic E-state index is 6.02. The van der Waals surface area contributed by atoms with E-state index in [0.29, 0.717) is 5.92 Å². The van der Waals surface area contributed by atoms with Gasteiger partial charge in [-0.05, 0) is 24.0 Å². The molecule has 0 fully saturated rings. The van der Waals surface area contributed by atoms with Crippen LogP contribution in [0.1, 0.15) is 41.0 Å². The highest BCUT2D eigenvalue weighted by Gasteiger charge is 2.17. The van der Waals surface area contributed by atoms with Crippen molar-refractivity contribution in [2.24, 2.45) is 11.7 Å². The number of hydrogen-bond acceptors (Lipinski definition) is 2. The van der Waals surface area contributed by atoms with Gasteiger partial charge in [0.2, 0.25) is 0 Å². The molecule has 0 amide bonds. The summed E-state index contributed by atoms with van der Waals surface area (Å²) in [5, 5.41) is 3.37. The molecule has 0 saturated carbocycles. The van der Waals surface area contributed by atoms with Crippen molar-refractivity contribution in [3.05, 3.63) is 35.6 Å². The van der Waals surface area contributed by atoms with Crippen LogP contribution in [0, 0.1) is 5.92 Å². The van der Waals surface area contributed by atoms with E-state index in [9.17, 15) is 0 Å². The summed E-state index contributed by atoms with van der Waals surface area (Å²) in [6.45, 7) is 11.2. The maximum atomic E-state index is 6.02. The molecule has 0 spiro atoms. The van der Waals surface area contributed by atoms with Crippen molar-refractivity contribution in [2.45, 2.75) is 47.1 Å². The summed E-state index contributed by atoms with van der Waals surface area (Å²) in [6, 6.07) is 0.211. The Bertz CT molecular complexity index is 287. The van der Waals surface area contributed by atoms with Crippen LogP contribution < -0.4 is 11.1 Å². The van der Waals surface area contributed by atoms with Gasteiger partial charge in [0.15, 0.2) is 0 Å². The lowest BCUT2D eigenvalue weighted by atomic mass is 9.98. The summed E-state index contributed by atoms with van der Waals surface area (Å²) in [5.74, 6) is 0.514. The average molecular weight is 236 g/mol. The van der Waals surface area contributed by atoms with E-state index < -0.39 is 0 Å². The first-order chi connectivity index (χ1) is 8.27. The molecule has 0 bridgehead atoms. The zero-order chi connectivity index (χ0) is 13.3. The highest BCUT2D eigenvalue weighted by Crippen LogP contribution is 2.20. The molecule has 0 saturated heterocycles. The summed E-state index contributed by atoms with van der Waals surface area (Å²) in [4.78, 5) is 0. The monoisotopic (exact) mass is 236 g/mol. The van der Waals surface area contributed by atoms with Crippen LogP contribution in [-0.4, -0.2) is 12.6 Å². The summed E-state index contributed by atoms with van der Waals surface area (Å²) in [5.41, 5.74) is 8.49. The zero-order valence-corrected chi connectivity index (χ0v) is 12.0. The van der Waals surface area contributed by atoms with Crippen LogP contribution in [0.25, 0.3) is 0 Å². The summed E-state index contributed by atoms with van der Waals surface area (Å²) >= 11 is 0.